The van der Waals surface area contributed by atoms with Gasteiger partial charge < -0.3 is 9.84 Å². The van der Waals surface area contributed by atoms with E-state index in [0.29, 0.717) is 6.61 Å². The number of aliphatic hydroxyl groups is 1. The molecule has 104 valence electrons. The van der Waals surface area contributed by atoms with Crippen molar-refractivity contribution in [1.82, 2.24) is 0 Å². The summed E-state index contributed by atoms with van der Waals surface area (Å²) in [6.07, 6.45) is 3.58. The molecule has 0 heterocycles. The van der Waals surface area contributed by atoms with Gasteiger partial charge in [0.25, 0.3) is 0 Å². The molecule has 3 rings (SSSR count). The van der Waals surface area contributed by atoms with E-state index in [0.717, 1.165) is 37.0 Å². The maximum absolute atomic E-state index is 10.0. The average molecular weight is 268 g/mol. The minimum Gasteiger partial charge on any atom is -0.493 e. The van der Waals surface area contributed by atoms with E-state index in [1.165, 1.54) is 11.1 Å². The predicted octanol–water partition coefficient (Wildman–Crippen LogP) is 3.68. The molecule has 0 amide bonds. The molecule has 2 heteroatoms. The summed E-state index contributed by atoms with van der Waals surface area (Å²) >= 11 is 0. The second-order valence-corrected chi connectivity index (χ2v) is 5.35. The van der Waals surface area contributed by atoms with Gasteiger partial charge in [-0.15, -0.1) is 0 Å². The Kier molecular flexibility index (Phi) is 4.03. The van der Waals surface area contributed by atoms with E-state index in [-0.39, 0.29) is 6.10 Å². The van der Waals surface area contributed by atoms with Gasteiger partial charge in [0.15, 0.2) is 0 Å². The van der Waals surface area contributed by atoms with Crippen molar-refractivity contribution in [2.45, 2.75) is 31.8 Å². The van der Waals surface area contributed by atoms with Crippen LogP contribution in [0.25, 0.3) is 0 Å². The summed E-state index contributed by atoms with van der Waals surface area (Å²) < 4.78 is 5.81. The Hall–Kier alpha value is -1.80. The molecule has 0 aliphatic heterocycles. The van der Waals surface area contributed by atoms with Crippen LogP contribution in [0, 0.1) is 0 Å². The Morgan fingerprint density at radius 3 is 2.80 bits per heavy atom. The first-order valence-electron chi connectivity index (χ1n) is 7.30. The number of aryl methyl sites for hydroxylation is 1. The molecule has 2 aromatic carbocycles. The van der Waals surface area contributed by atoms with Crippen molar-refractivity contribution < 1.29 is 9.84 Å². The van der Waals surface area contributed by atoms with Crippen LogP contribution in [-0.2, 0) is 12.8 Å². The van der Waals surface area contributed by atoms with Gasteiger partial charge in [0, 0.05) is 6.42 Å². The first kappa shape index (κ1) is 13.2. The first-order chi connectivity index (χ1) is 9.83. The lowest BCUT2D eigenvalue weighted by Crippen LogP contribution is -2.10. The molecule has 2 aromatic rings. The Bertz CT molecular complexity index is 563. The Labute approximate surface area is 120 Å². The number of hydrogen-bond acceptors (Lipinski definition) is 2. The number of aliphatic hydroxyl groups excluding tert-OH is 1. The number of rotatable bonds is 4. The summed E-state index contributed by atoms with van der Waals surface area (Å²) in [5, 5.41) is 10.0. The fourth-order valence-corrected chi connectivity index (χ4v) is 2.77. The number of benzene rings is 2. The molecule has 20 heavy (non-hydrogen) atoms. The molecule has 0 fully saturated rings. The van der Waals surface area contributed by atoms with Crippen LogP contribution >= 0.6 is 0 Å². The molecule has 2 nitrogen and oxygen atoms in total. The third kappa shape index (κ3) is 3.02. The zero-order valence-electron chi connectivity index (χ0n) is 11.6. The van der Waals surface area contributed by atoms with Crippen LogP contribution < -0.4 is 4.74 Å². The minimum absolute atomic E-state index is 0.323. The molecule has 0 saturated carbocycles. The molecule has 1 atom stereocenters. The summed E-state index contributed by atoms with van der Waals surface area (Å²) in [6, 6.07) is 16.5. The standard InChI is InChI=1S/C18H20O2/c19-18-8-4-7-15-9-10-16(13-17(15)18)20-12-11-14-5-2-1-3-6-14/h1-3,5-6,9-10,13,18-19H,4,7-8,11-12H2. The van der Waals surface area contributed by atoms with Crippen LogP contribution in [0.2, 0.25) is 0 Å². The molecule has 0 bridgehead atoms. The van der Waals surface area contributed by atoms with Gasteiger partial charge >= 0.3 is 0 Å². The lowest BCUT2D eigenvalue weighted by atomic mass is 9.89. The zero-order valence-corrected chi connectivity index (χ0v) is 11.6. The van der Waals surface area contributed by atoms with Crippen LogP contribution in [-0.4, -0.2) is 11.7 Å². The monoisotopic (exact) mass is 268 g/mol. The fourth-order valence-electron chi connectivity index (χ4n) is 2.77. The van der Waals surface area contributed by atoms with Gasteiger partial charge in [0.05, 0.1) is 12.7 Å². The topological polar surface area (TPSA) is 29.5 Å². The van der Waals surface area contributed by atoms with E-state index in [9.17, 15) is 5.11 Å². The highest BCUT2D eigenvalue weighted by Crippen LogP contribution is 2.32. The van der Waals surface area contributed by atoms with Crippen molar-refractivity contribution in [3.8, 4) is 5.75 Å². The van der Waals surface area contributed by atoms with Crippen LogP contribution in [0.3, 0.4) is 0 Å². The van der Waals surface area contributed by atoms with E-state index in [1.54, 1.807) is 0 Å². The first-order valence-corrected chi connectivity index (χ1v) is 7.30. The average Bonchev–Trinajstić information content (AvgIpc) is 2.49. The Balaban J connectivity index is 1.62. The van der Waals surface area contributed by atoms with Crippen molar-refractivity contribution in [3.05, 3.63) is 65.2 Å². The SMILES string of the molecule is OC1CCCc2ccc(OCCc3ccccc3)cc21. The van der Waals surface area contributed by atoms with Gasteiger partial charge in [0.1, 0.15) is 5.75 Å². The quantitative estimate of drug-likeness (QED) is 0.916. The second-order valence-electron chi connectivity index (χ2n) is 5.35. The van der Waals surface area contributed by atoms with Gasteiger partial charge in [0.2, 0.25) is 0 Å². The highest BCUT2D eigenvalue weighted by Gasteiger charge is 2.18. The van der Waals surface area contributed by atoms with Gasteiger partial charge in [-0.05, 0) is 48.1 Å². The Morgan fingerprint density at radius 2 is 1.95 bits per heavy atom. The van der Waals surface area contributed by atoms with Gasteiger partial charge in [-0.25, -0.2) is 0 Å². The van der Waals surface area contributed by atoms with Gasteiger partial charge in [-0.2, -0.15) is 0 Å². The second kappa shape index (κ2) is 6.10. The highest BCUT2D eigenvalue weighted by atomic mass is 16.5. The smallest absolute Gasteiger partial charge is 0.119 e. The van der Waals surface area contributed by atoms with Gasteiger partial charge in [-0.3, -0.25) is 0 Å². The third-order valence-electron chi connectivity index (χ3n) is 3.90. The maximum atomic E-state index is 10.0. The summed E-state index contributed by atoms with van der Waals surface area (Å²) in [6.45, 7) is 0.666. The normalized spacial score (nSPS) is 17.6. The molecular weight excluding hydrogens is 248 g/mol. The van der Waals surface area contributed by atoms with Crippen LogP contribution in [0.15, 0.2) is 48.5 Å². The van der Waals surface area contributed by atoms with E-state index in [1.807, 2.05) is 30.3 Å². The predicted molar refractivity (Wildman–Crippen MR) is 80.0 cm³/mol. The zero-order chi connectivity index (χ0) is 13.8. The molecule has 1 N–H and O–H groups in total. The van der Waals surface area contributed by atoms with Crippen molar-refractivity contribution in [2.24, 2.45) is 0 Å². The lowest BCUT2D eigenvalue weighted by Gasteiger charge is -2.22. The van der Waals surface area contributed by atoms with Crippen molar-refractivity contribution in [3.63, 3.8) is 0 Å². The minimum atomic E-state index is -0.323. The van der Waals surface area contributed by atoms with E-state index in [2.05, 4.69) is 18.2 Å². The molecular formula is C18H20O2. The summed E-state index contributed by atoms with van der Waals surface area (Å²) in [7, 11) is 0. The van der Waals surface area contributed by atoms with Crippen LogP contribution in [0.5, 0.6) is 5.75 Å². The van der Waals surface area contributed by atoms with E-state index < -0.39 is 0 Å². The largest absolute Gasteiger partial charge is 0.493 e. The molecule has 0 radical (unpaired) electrons. The van der Waals surface area contributed by atoms with Crippen molar-refractivity contribution >= 4 is 0 Å². The summed E-state index contributed by atoms with van der Waals surface area (Å²) in [5.74, 6) is 0.862. The van der Waals surface area contributed by atoms with Crippen LogP contribution in [0.4, 0.5) is 0 Å². The molecule has 1 aliphatic carbocycles. The van der Waals surface area contributed by atoms with E-state index >= 15 is 0 Å². The molecule has 1 aliphatic rings. The molecule has 0 spiro atoms. The third-order valence-corrected chi connectivity index (χ3v) is 3.90. The number of fused-ring (bicyclic) bond motifs is 1. The van der Waals surface area contributed by atoms with E-state index in [4.69, 9.17) is 4.74 Å². The van der Waals surface area contributed by atoms with Crippen molar-refractivity contribution in [1.29, 1.82) is 0 Å². The maximum Gasteiger partial charge on any atom is 0.119 e. The highest BCUT2D eigenvalue weighted by molar-refractivity contribution is 5.38. The van der Waals surface area contributed by atoms with Crippen molar-refractivity contribution in [2.75, 3.05) is 6.61 Å². The Morgan fingerprint density at radius 1 is 1.10 bits per heavy atom. The number of ether oxygens (including phenoxy) is 1. The van der Waals surface area contributed by atoms with Crippen LogP contribution in [0.1, 0.15) is 35.6 Å². The molecule has 0 saturated heterocycles. The molecule has 0 aromatic heterocycles. The summed E-state index contributed by atoms with van der Waals surface area (Å²) in [4.78, 5) is 0. The fraction of sp³-hybridized carbons (Fsp3) is 0.333. The van der Waals surface area contributed by atoms with Gasteiger partial charge in [-0.1, -0.05) is 36.4 Å². The lowest BCUT2D eigenvalue weighted by molar-refractivity contribution is 0.156. The summed E-state index contributed by atoms with van der Waals surface area (Å²) in [5.41, 5.74) is 3.60. The molecule has 1 unspecified atom stereocenters. The number of hydrogen-bond donors (Lipinski definition) is 1.